The van der Waals surface area contributed by atoms with E-state index >= 15 is 0 Å². The van der Waals surface area contributed by atoms with Crippen LogP contribution in [0.15, 0.2) is 45.2 Å². The van der Waals surface area contributed by atoms with Crippen LogP contribution in [-0.4, -0.2) is 16.2 Å². The molecule has 2 aromatic heterocycles. The van der Waals surface area contributed by atoms with Crippen molar-refractivity contribution >= 4 is 12.0 Å². The number of alkyl halides is 3. The molecular weight excluding hydrogens is 377 g/mol. The molecule has 28 heavy (non-hydrogen) atoms. The average Bonchev–Trinajstić information content (AvgIpc) is 3.23. The molecule has 0 unspecified atom stereocenters. The Labute approximate surface area is 157 Å². The van der Waals surface area contributed by atoms with E-state index in [2.05, 4.69) is 10.2 Å². The van der Waals surface area contributed by atoms with Crippen LogP contribution in [-0.2, 0) is 22.3 Å². The molecule has 0 aliphatic heterocycles. The zero-order valence-corrected chi connectivity index (χ0v) is 14.9. The van der Waals surface area contributed by atoms with Gasteiger partial charge in [-0.15, -0.1) is 10.2 Å². The van der Waals surface area contributed by atoms with Crippen molar-refractivity contribution in [3.8, 4) is 11.5 Å². The number of aryl methyl sites for hydroxylation is 2. The number of ether oxygens (including phenoxy) is 1. The second-order valence-corrected chi connectivity index (χ2v) is 5.89. The van der Waals surface area contributed by atoms with E-state index in [0.717, 1.165) is 18.2 Å². The SMILES string of the molecule is Cc1cc(-c2nnc(COC(=O)/C=C/c3ccc(C(F)(F)F)cc3)o2)c(C)o1. The van der Waals surface area contributed by atoms with Crippen LogP contribution in [0.4, 0.5) is 13.2 Å². The Morgan fingerprint density at radius 2 is 1.86 bits per heavy atom. The summed E-state index contributed by atoms with van der Waals surface area (Å²) >= 11 is 0. The summed E-state index contributed by atoms with van der Waals surface area (Å²) in [6.45, 7) is 3.32. The zero-order chi connectivity index (χ0) is 20.3. The van der Waals surface area contributed by atoms with Gasteiger partial charge in [-0.05, 0) is 43.7 Å². The molecule has 3 rings (SSSR count). The fourth-order valence-electron chi connectivity index (χ4n) is 2.39. The summed E-state index contributed by atoms with van der Waals surface area (Å²) in [5, 5.41) is 7.68. The molecule has 0 bridgehead atoms. The van der Waals surface area contributed by atoms with Crippen molar-refractivity contribution in [1.29, 1.82) is 0 Å². The number of carbonyl (C=O) groups excluding carboxylic acids is 1. The fourth-order valence-corrected chi connectivity index (χ4v) is 2.39. The Hall–Kier alpha value is -3.36. The minimum atomic E-state index is -4.40. The zero-order valence-electron chi connectivity index (χ0n) is 14.9. The molecule has 2 heterocycles. The number of esters is 1. The van der Waals surface area contributed by atoms with Gasteiger partial charge < -0.3 is 13.6 Å². The average molecular weight is 392 g/mol. The van der Waals surface area contributed by atoms with Gasteiger partial charge in [0.15, 0.2) is 6.61 Å². The molecule has 0 N–H and O–H groups in total. The molecule has 0 saturated carbocycles. The number of rotatable bonds is 5. The predicted octanol–water partition coefficient (Wildman–Crippen LogP) is 4.72. The minimum absolute atomic E-state index is 0.101. The lowest BCUT2D eigenvalue weighted by atomic mass is 10.1. The van der Waals surface area contributed by atoms with Crippen LogP contribution >= 0.6 is 0 Å². The van der Waals surface area contributed by atoms with E-state index in [4.69, 9.17) is 13.6 Å². The van der Waals surface area contributed by atoms with E-state index in [1.54, 1.807) is 19.9 Å². The van der Waals surface area contributed by atoms with Crippen LogP contribution in [0.2, 0.25) is 0 Å². The number of benzene rings is 1. The monoisotopic (exact) mass is 392 g/mol. The molecule has 0 fully saturated rings. The number of aromatic nitrogens is 2. The van der Waals surface area contributed by atoms with Crippen molar-refractivity contribution in [3.05, 3.63) is 64.9 Å². The highest BCUT2D eigenvalue weighted by Gasteiger charge is 2.29. The number of hydrogen-bond donors (Lipinski definition) is 0. The van der Waals surface area contributed by atoms with Crippen molar-refractivity contribution in [2.24, 2.45) is 0 Å². The van der Waals surface area contributed by atoms with Crippen LogP contribution < -0.4 is 0 Å². The Bertz CT molecular complexity index is 1000. The molecule has 0 atom stereocenters. The number of halogens is 3. The smallest absolute Gasteiger partial charge is 0.416 e. The maximum absolute atomic E-state index is 12.5. The van der Waals surface area contributed by atoms with E-state index in [0.29, 0.717) is 22.6 Å². The van der Waals surface area contributed by atoms with Gasteiger partial charge in [-0.2, -0.15) is 13.2 Å². The summed E-state index contributed by atoms with van der Waals surface area (Å²) in [6.07, 6.45) is -1.96. The van der Waals surface area contributed by atoms with Crippen LogP contribution in [0.5, 0.6) is 0 Å². The third kappa shape index (κ3) is 4.67. The second kappa shape index (κ2) is 7.71. The van der Waals surface area contributed by atoms with Crippen LogP contribution in [0.3, 0.4) is 0 Å². The molecule has 0 spiro atoms. The fraction of sp³-hybridized carbons (Fsp3) is 0.211. The summed E-state index contributed by atoms with van der Waals surface area (Å²) in [4.78, 5) is 11.8. The molecular formula is C19H15F3N2O4. The Balaban J connectivity index is 1.56. The molecule has 0 amide bonds. The number of carbonyl (C=O) groups is 1. The van der Waals surface area contributed by atoms with Gasteiger partial charge in [0.2, 0.25) is 0 Å². The molecule has 6 nitrogen and oxygen atoms in total. The molecule has 0 radical (unpaired) electrons. The van der Waals surface area contributed by atoms with Crippen LogP contribution in [0.1, 0.15) is 28.5 Å². The van der Waals surface area contributed by atoms with E-state index in [1.165, 1.54) is 18.2 Å². The molecule has 0 saturated heterocycles. The Kier molecular flexibility index (Phi) is 5.34. The summed E-state index contributed by atoms with van der Waals surface area (Å²) in [5.41, 5.74) is 0.322. The molecule has 0 aliphatic rings. The Morgan fingerprint density at radius 1 is 1.14 bits per heavy atom. The first-order chi connectivity index (χ1) is 13.2. The van der Waals surface area contributed by atoms with Gasteiger partial charge in [0.1, 0.15) is 11.5 Å². The van der Waals surface area contributed by atoms with Crippen LogP contribution in [0.25, 0.3) is 17.5 Å². The maximum atomic E-state index is 12.5. The van der Waals surface area contributed by atoms with Crippen LogP contribution in [0, 0.1) is 13.8 Å². The first-order valence-corrected chi connectivity index (χ1v) is 8.14. The topological polar surface area (TPSA) is 78.4 Å². The van der Waals surface area contributed by atoms with Crippen molar-refractivity contribution in [1.82, 2.24) is 10.2 Å². The first kappa shape index (κ1) is 19.4. The molecule has 0 aliphatic carbocycles. The highest BCUT2D eigenvalue weighted by atomic mass is 19.4. The molecule has 1 aromatic carbocycles. The Morgan fingerprint density at radius 3 is 2.46 bits per heavy atom. The number of hydrogen-bond acceptors (Lipinski definition) is 6. The number of nitrogens with zero attached hydrogens (tertiary/aromatic N) is 2. The third-order valence-corrected chi connectivity index (χ3v) is 3.73. The second-order valence-electron chi connectivity index (χ2n) is 5.89. The maximum Gasteiger partial charge on any atom is 0.416 e. The van der Waals surface area contributed by atoms with Gasteiger partial charge in [0.25, 0.3) is 11.8 Å². The summed E-state index contributed by atoms with van der Waals surface area (Å²) < 4.78 is 53.3. The summed E-state index contributed by atoms with van der Waals surface area (Å²) in [7, 11) is 0. The standard InChI is InChI=1S/C19H15F3N2O4/c1-11-9-15(12(2)27-11)18-24-23-16(28-18)10-26-17(25)8-5-13-3-6-14(7-4-13)19(20,21)22/h3-9H,10H2,1-2H3/b8-5+. The quantitative estimate of drug-likeness (QED) is 0.462. The van der Waals surface area contributed by atoms with Crippen molar-refractivity contribution in [2.75, 3.05) is 0 Å². The third-order valence-electron chi connectivity index (χ3n) is 3.73. The van der Waals surface area contributed by atoms with E-state index in [-0.39, 0.29) is 18.4 Å². The highest BCUT2D eigenvalue weighted by molar-refractivity contribution is 5.87. The van der Waals surface area contributed by atoms with Gasteiger partial charge in [0.05, 0.1) is 11.1 Å². The minimum Gasteiger partial charge on any atom is -0.466 e. The van der Waals surface area contributed by atoms with E-state index < -0.39 is 17.7 Å². The first-order valence-electron chi connectivity index (χ1n) is 8.14. The predicted molar refractivity (Wildman–Crippen MR) is 91.7 cm³/mol. The van der Waals surface area contributed by atoms with Gasteiger partial charge >= 0.3 is 12.1 Å². The van der Waals surface area contributed by atoms with E-state index in [1.807, 2.05) is 0 Å². The normalized spacial score (nSPS) is 11.9. The van der Waals surface area contributed by atoms with Crippen molar-refractivity contribution < 1.29 is 31.5 Å². The van der Waals surface area contributed by atoms with Gasteiger partial charge in [-0.1, -0.05) is 12.1 Å². The van der Waals surface area contributed by atoms with Gasteiger partial charge in [0, 0.05) is 6.08 Å². The largest absolute Gasteiger partial charge is 0.466 e. The van der Waals surface area contributed by atoms with Crippen molar-refractivity contribution in [2.45, 2.75) is 26.6 Å². The summed E-state index contributed by atoms with van der Waals surface area (Å²) in [6, 6.07) is 6.14. The van der Waals surface area contributed by atoms with Gasteiger partial charge in [-0.3, -0.25) is 0 Å². The van der Waals surface area contributed by atoms with E-state index in [9.17, 15) is 18.0 Å². The summed E-state index contributed by atoms with van der Waals surface area (Å²) in [5.74, 6) is 0.983. The lowest BCUT2D eigenvalue weighted by molar-refractivity contribution is -0.139. The molecule has 146 valence electrons. The molecule has 3 aromatic rings. The molecule has 9 heteroatoms. The lowest BCUT2D eigenvalue weighted by Gasteiger charge is -2.05. The highest BCUT2D eigenvalue weighted by Crippen LogP contribution is 2.29. The number of furan rings is 1. The van der Waals surface area contributed by atoms with Gasteiger partial charge in [-0.25, -0.2) is 4.79 Å². The lowest BCUT2D eigenvalue weighted by Crippen LogP contribution is -2.04. The van der Waals surface area contributed by atoms with Crippen molar-refractivity contribution in [3.63, 3.8) is 0 Å².